The van der Waals surface area contributed by atoms with E-state index in [2.05, 4.69) is 23.4 Å². The van der Waals surface area contributed by atoms with E-state index >= 15 is 0 Å². The van der Waals surface area contributed by atoms with Crippen molar-refractivity contribution in [3.8, 4) is 11.3 Å². The lowest BCUT2D eigenvalue weighted by atomic mass is 10.1. The molecule has 0 radical (unpaired) electrons. The van der Waals surface area contributed by atoms with Gasteiger partial charge in [-0.1, -0.05) is 37.6 Å². The molecule has 0 atom stereocenters. The van der Waals surface area contributed by atoms with Crippen LogP contribution in [0, 0.1) is 0 Å². The van der Waals surface area contributed by atoms with Gasteiger partial charge in [0.2, 0.25) is 0 Å². The van der Waals surface area contributed by atoms with Crippen LogP contribution in [0.3, 0.4) is 0 Å². The Morgan fingerprint density at radius 3 is 2.72 bits per heavy atom. The highest BCUT2D eigenvalue weighted by Crippen LogP contribution is 2.28. The number of aryl methyl sites for hydroxylation is 1. The number of imidazole rings is 1. The Hall–Kier alpha value is -1.48. The molecule has 2 rings (SSSR count). The topological polar surface area (TPSA) is 43.8 Å². The lowest BCUT2D eigenvalue weighted by Gasteiger charge is -2.06. The molecule has 1 aromatic carbocycles. The van der Waals surface area contributed by atoms with E-state index in [-0.39, 0.29) is 0 Å². The van der Waals surface area contributed by atoms with Crippen LogP contribution in [0.1, 0.15) is 26.1 Å². The number of nitrogens with two attached hydrogens (primary N) is 1. The number of aromatic nitrogens is 2. The van der Waals surface area contributed by atoms with Crippen molar-refractivity contribution in [3.05, 3.63) is 35.1 Å². The van der Waals surface area contributed by atoms with E-state index in [0.717, 1.165) is 42.3 Å². The van der Waals surface area contributed by atoms with Gasteiger partial charge in [-0.05, 0) is 18.6 Å². The Kier molecular flexibility index (Phi) is 3.92. The molecular formula is C14H18ClN3. The molecule has 1 heterocycles. The van der Waals surface area contributed by atoms with Gasteiger partial charge < -0.3 is 10.3 Å². The number of nitrogens with zero attached hydrogens (tertiary/aromatic N) is 2. The standard InChI is InChI=1S/C14H18ClN3/c1-3-8-18-12(4-2)17-13(14(18)16)10-6-5-7-11(15)9-10/h5-7,9H,3-4,8,16H2,1-2H3. The smallest absolute Gasteiger partial charge is 0.131 e. The van der Waals surface area contributed by atoms with E-state index in [4.69, 9.17) is 17.3 Å². The van der Waals surface area contributed by atoms with Crippen molar-refractivity contribution in [1.29, 1.82) is 0 Å². The first-order valence-corrected chi connectivity index (χ1v) is 6.66. The first kappa shape index (κ1) is 13.0. The minimum atomic E-state index is 0.704. The fourth-order valence-electron chi connectivity index (χ4n) is 2.10. The van der Waals surface area contributed by atoms with Gasteiger partial charge in [0, 0.05) is 23.6 Å². The van der Waals surface area contributed by atoms with E-state index in [1.54, 1.807) is 0 Å². The molecular weight excluding hydrogens is 246 g/mol. The Bertz CT molecular complexity index is 546. The first-order valence-electron chi connectivity index (χ1n) is 6.28. The van der Waals surface area contributed by atoms with Crippen molar-refractivity contribution in [2.75, 3.05) is 5.73 Å². The van der Waals surface area contributed by atoms with Crippen molar-refractivity contribution in [3.63, 3.8) is 0 Å². The highest BCUT2D eigenvalue weighted by molar-refractivity contribution is 6.30. The molecule has 0 aliphatic rings. The van der Waals surface area contributed by atoms with Crippen molar-refractivity contribution in [1.82, 2.24) is 9.55 Å². The number of rotatable bonds is 4. The second-order valence-corrected chi connectivity index (χ2v) is 4.71. The average Bonchev–Trinajstić information content (AvgIpc) is 2.67. The Balaban J connectivity index is 2.51. The second-order valence-electron chi connectivity index (χ2n) is 4.28. The van der Waals surface area contributed by atoms with Crippen LogP contribution in [0.4, 0.5) is 5.82 Å². The third-order valence-corrected chi connectivity index (χ3v) is 3.18. The first-order chi connectivity index (χ1) is 8.67. The van der Waals surface area contributed by atoms with Gasteiger partial charge in [0.15, 0.2) is 0 Å². The van der Waals surface area contributed by atoms with Crippen LogP contribution in [-0.4, -0.2) is 9.55 Å². The molecule has 96 valence electrons. The Morgan fingerprint density at radius 2 is 2.11 bits per heavy atom. The summed E-state index contributed by atoms with van der Waals surface area (Å²) in [7, 11) is 0. The van der Waals surface area contributed by atoms with Crippen LogP contribution < -0.4 is 5.73 Å². The quantitative estimate of drug-likeness (QED) is 0.913. The number of nitrogen functional groups attached to an aromatic ring is 1. The molecule has 2 N–H and O–H groups in total. The SMILES string of the molecule is CCCn1c(CC)nc(-c2cccc(Cl)c2)c1N. The minimum Gasteiger partial charge on any atom is -0.383 e. The average molecular weight is 264 g/mol. The zero-order valence-electron chi connectivity index (χ0n) is 10.8. The normalized spacial score (nSPS) is 10.8. The highest BCUT2D eigenvalue weighted by atomic mass is 35.5. The van der Waals surface area contributed by atoms with Crippen molar-refractivity contribution in [2.45, 2.75) is 33.2 Å². The molecule has 2 aromatic rings. The maximum atomic E-state index is 6.21. The largest absolute Gasteiger partial charge is 0.383 e. The second kappa shape index (κ2) is 5.44. The van der Waals surface area contributed by atoms with Gasteiger partial charge in [0.05, 0.1) is 0 Å². The summed E-state index contributed by atoms with van der Waals surface area (Å²) >= 11 is 6.01. The molecule has 0 aliphatic heterocycles. The zero-order chi connectivity index (χ0) is 13.1. The monoisotopic (exact) mass is 263 g/mol. The number of halogens is 1. The number of hydrogen-bond acceptors (Lipinski definition) is 2. The van der Waals surface area contributed by atoms with Gasteiger partial charge in [0.25, 0.3) is 0 Å². The van der Waals surface area contributed by atoms with Crippen LogP contribution in [0.15, 0.2) is 24.3 Å². The molecule has 4 heteroatoms. The fourth-order valence-corrected chi connectivity index (χ4v) is 2.30. The van der Waals surface area contributed by atoms with Gasteiger partial charge in [-0.15, -0.1) is 0 Å². The molecule has 18 heavy (non-hydrogen) atoms. The van der Waals surface area contributed by atoms with Crippen LogP contribution in [0.25, 0.3) is 11.3 Å². The van der Waals surface area contributed by atoms with Gasteiger partial charge in [0.1, 0.15) is 17.3 Å². The van der Waals surface area contributed by atoms with Gasteiger partial charge in [-0.2, -0.15) is 0 Å². The zero-order valence-corrected chi connectivity index (χ0v) is 11.5. The molecule has 0 saturated carbocycles. The maximum Gasteiger partial charge on any atom is 0.131 e. The molecule has 1 aromatic heterocycles. The number of benzene rings is 1. The molecule has 0 unspecified atom stereocenters. The van der Waals surface area contributed by atoms with Gasteiger partial charge >= 0.3 is 0 Å². The Morgan fingerprint density at radius 1 is 1.33 bits per heavy atom. The van der Waals surface area contributed by atoms with Crippen LogP contribution in [-0.2, 0) is 13.0 Å². The summed E-state index contributed by atoms with van der Waals surface area (Å²) in [5.74, 6) is 1.76. The van der Waals surface area contributed by atoms with Gasteiger partial charge in [-0.25, -0.2) is 4.98 Å². The lowest BCUT2D eigenvalue weighted by Crippen LogP contribution is -2.06. The van der Waals surface area contributed by atoms with E-state index in [1.807, 2.05) is 24.3 Å². The Labute approximate surface area is 113 Å². The molecule has 0 bridgehead atoms. The van der Waals surface area contributed by atoms with Crippen molar-refractivity contribution >= 4 is 17.4 Å². The minimum absolute atomic E-state index is 0.704. The van der Waals surface area contributed by atoms with Crippen LogP contribution in [0.2, 0.25) is 5.02 Å². The van der Waals surface area contributed by atoms with Crippen molar-refractivity contribution in [2.24, 2.45) is 0 Å². The van der Waals surface area contributed by atoms with E-state index < -0.39 is 0 Å². The summed E-state index contributed by atoms with van der Waals surface area (Å²) in [5, 5.41) is 0.704. The molecule has 3 nitrogen and oxygen atoms in total. The van der Waals surface area contributed by atoms with Crippen molar-refractivity contribution < 1.29 is 0 Å². The summed E-state index contributed by atoms with van der Waals surface area (Å²) in [6.45, 7) is 5.14. The van der Waals surface area contributed by atoms with E-state index in [1.165, 1.54) is 0 Å². The predicted molar refractivity (Wildman–Crippen MR) is 76.8 cm³/mol. The van der Waals surface area contributed by atoms with Crippen LogP contribution in [0.5, 0.6) is 0 Å². The highest BCUT2D eigenvalue weighted by Gasteiger charge is 2.14. The summed E-state index contributed by atoms with van der Waals surface area (Å²) in [6, 6.07) is 7.66. The summed E-state index contributed by atoms with van der Waals surface area (Å²) in [5.41, 5.74) is 8.02. The summed E-state index contributed by atoms with van der Waals surface area (Å²) in [6.07, 6.45) is 1.92. The third-order valence-electron chi connectivity index (χ3n) is 2.95. The summed E-state index contributed by atoms with van der Waals surface area (Å²) in [4.78, 5) is 4.64. The van der Waals surface area contributed by atoms with E-state index in [0.29, 0.717) is 5.02 Å². The summed E-state index contributed by atoms with van der Waals surface area (Å²) < 4.78 is 2.09. The molecule has 0 amide bonds. The third kappa shape index (κ3) is 2.36. The van der Waals surface area contributed by atoms with Crippen LogP contribution >= 0.6 is 11.6 Å². The van der Waals surface area contributed by atoms with Gasteiger partial charge in [-0.3, -0.25) is 0 Å². The molecule has 0 aliphatic carbocycles. The lowest BCUT2D eigenvalue weighted by molar-refractivity contribution is 0.650. The predicted octanol–water partition coefficient (Wildman–Crippen LogP) is 3.76. The molecule has 0 saturated heterocycles. The molecule has 0 spiro atoms. The maximum absolute atomic E-state index is 6.21. The number of anilines is 1. The fraction of sp³-hybridized carbons (Fsp3) is 0.357. The van der Waals surface area contributed by atoms with E-state index in [9.17, 15) is 0 Å². The molecule has 0 fully saturated rings. The number of hydrogen-bond donors (Lipinski definition) is 1.